The van der Waals surface area contributed by atoms with E-state index in [-0.39, 0.29) is 0 Å². The topological polar surface area (TPSA) is 36.9 Å². The van der Waals surface area contributed by atoms with Gasteiger partial charge < -0.3 is 18.9 Å². The number of thiophene rings is 3. The Kier molecular flexibility index (Phi) is 7.97. The third-order valence-corrected chi connectivity index (χ3v) is 14.2. The third-order valence-electron chi connectivity index (χ3n) is 7.39. The van der Waals surface area contributed by atoms with Crippen LogP contribution < -0.4 is 18.9 Å². The molecule has 2 aromatic carbocycles. The summed E-state index contributed by atoms with van der Waals surface area (Å²) in [4.78, 5) is 7.16. The quantitative estimate of drug-likeness (QED) is 0.180. The summed E-state index contributed by atoms with van der Waals surface area (Å²) in [6.07, 6.45) is 0. The van der Waals surface area contributed by atoms with Crippen molar-refractivity contribution in [1.29, 1.82) is 0 Å². The Morgan fingerprint density at radius 2 is 0.837 bits per heavy atom. The molecule has 5 aromatic rings. The van der Waals surface area contributed by atoms with Crippen LogP contribution in [0, 0.1) is 41.5 Å². The van der Waals surface area contributed by atoms with Crippen LogP contribution in [-0.2, 0) is 0 Å². The highest BCUT2D eigenvalue weighted by atomic mass is 32.2. The predicted octanol–water partition coefficient (Wildman–Crippen LogP) is 10.9. The SMILES string of the molecule is Cc1cc(C)c(Sc2sc(-c3ccc(-c4sc(Sc5c(C)cc(C)cc5C)c5c4OCCO5)s3)c3c2OCCO3)c(C)c1. The molecule has 0 atom stereocenters. The van der Waals surface area contributed by atoms with Gasteiger partial charge in [0.1, 0.15) is 34.8 Å². The first kappa shape index (κ1) is 29.2. The normalized spacial score (nSPS) is 13.9. The minimum absolute atomic E-state index is 0.559. The molecule has 0 unspecified atom stereocenters. The number of rotatable bonds is 6. The van der Waals surface area contributed by atoms with Crippen molar-refractivity contribution in [1.82, 2.24) is 0 Å². The van der Waals surface area contributed by atoms with Crippen LogP contribution in [0.15, 0.2) is 54.6 Å². The Morgan fingerprint density at radius 3 is 1.21 bits per heavy atom. The van der Waals surface area contributed by atoms with Gasteiger partial charge in [0.05, 0.1) is 9.75 Å². The lowest BCUT2D eigenvalue weighted by Gasteiger charge is -2.17. The van der Waals surface area contributed by atoms with E-state index in [0.29, 0.717) is 26.4 Å². The van der Waals surface area contributed by atoms with Crippen molar-refractivity contribution in [3.05, 3.63) is 69.8 Å². The second-order valence-corrected chi connectivity index (χ2v) is 16.7. The smallest absolute Gasteiger partial charge is 0.186 e. The highest BCUT2D eigenvalue weighted by Gasteiger charge is 2.30. The molecule has 4 nitrogen and oxygen atoms in total. The van der Waals surface area contributed by atoms with Gasteiger partial charge in [0.15, 0.2) is 23.0 Å². The molecule has 2 aliphatic rings. The number of hydrogen-bond acceptors (Lipinski definition) is 9. The van der Waals surface area contributed by atoms with Crippen molar-refractivity contribution in [3.63, 3.8) is 0 Å². The Labute approximate surface area is 273 Å². The molecule has 9 heteroatoms. The molecule has 0 aliphatic carbocycles. The van der Waals surface area contributed by atoms with E-state index in [2.05, 4.69) is 77.9 Å². The van der Waals surface area contributed by atoms with Crippen LogP contribution in [0.3, 0.4) is 0 Å². The van der Waals surface area contributed by atoms with Crippen LogP contribution in [0.4, 0.5) is 0 Å². The number of benzene rings is 2. The zero-order chi connectivity index (χ0) is 29.8. The van der Waals surface area contributed by atoms with Crippen molar-refractivity contribution in [3.8, 4) is 42.5 Å². The maximum atomic E-state index is 6.25. The highest BCUT2D eigenvalue weighted by molar-refractivity contribution is 8.01. The van der Waals surface area contributed by atoms with E-state index in [1.165, 1.54) is 52.9 Å². The second kappa shape index (κ2) is 11.7. The van der Waals surface area contributed by atoms with Crippen molar-refractivity contribution < 1.29 is 18.9 Å². The Bertz CT molecular complexity index is 1680. The molecule has 0 fully saturated rings. The summed E-state index contributed by atoms with van der Waals surface area (Å²) in [5.41, 5.74) is 7.72. The maximum Gasteiger partial charge on any atom is 0.186 e. The lowest BCUT2D eigenvalue weighted by Crippen LogP contribution is -2.14. The van der Waals surface area contributed by atoms with E-state index in [4.69, 9.17) is 18.9 Å². The van der Waals surface area contributed by atoms with E-state index in [1.807, 2.05) is 0 Å². The highest BCUT2D eigenvalue weighted by Crippen LogP contribution is 2.59. The van der Waals surface area contributed by atoms with Crippen molar-refractivity contribution in [2.75, 3.05) is 26.4 Å². The molecule has 222 valence electrons. The summed E-state index contributed by atoms with van der Waals surface area (Å²) in [5, 5.41) is 0. The number of ether oxygens (including phenoxy) is 4. The third kappa shape index (κ3) is 5.48. The molecular formula is C34H32O4S5. The fourth-order valence-electron chi connectivity index (χ4n) is 5.73. The summed E-state index contributed by atoms with van der Waals surface area (Å²) in [6.45, 7) is 15.3. The zero-order valence-corrected chi connectivity index (χ0v) is 29.0. The number of fused-ring (bicyclic) bond motifs is 2. The summed E-state index contributed by atoms with van der Waals surface area (Å²) in [5.74, 6) is 3.48. The van der Waals surface area contributed by atoms with Crippen molar-refractivity contribution >= 4 is 57.5 Å². The fraction of sp³-hybridized carbons (Fsp3) is 0.294. The van der Waals surface area contributed by atoms with Crippen LogP contribution in [0.2, 0.25) is 0 Å². The largest absolute Gasteiger partial charge is 0.485 e. The molecule has 0 amide bonds. The molecule has 0 saturated carbocycles. The molecular weight excluding hydrogens is 633 g/mol. The van der Waals surface area contributed by atoms with Crippen LogP contribution in [-0.4, -0.2) is 26.4 Å². The molecule has 0 bridgehead atoms. The first-order valence-electron chi connectivity index (χ1n) is 14.2. The fourth-order valence-corrected chi connectivity index (χ4v) is 11.9. The second-order valence-electron chi connectivity index (χ2n) is 11.0. The molecule has 0 N–H and O–H groups in total. The lowest BCUT2D eigenvalue weighted by atomic mass is 10.1. The first-order valence-corrected chi connectivity index (χ1v) is 18.3. The summed E-state index contributed by atoms with van der Waals surface area (Å²) >= 11 is 8.87. The molecule has 0 radical (unpaired) electrons. The standard InChI is InChI=1S/C34H32O4S5/c1-17-13-19(3)29(20(4)14-17)40-33-27-25(35-9-11-37-27)31(42-33)23-7-8-24(39-23)32-26-28(38-12-10-36-26)34(43-32)41-30-21(5)15-18(2)16-22(30)6/h7-8,13-16H,9-12H2,1-6H3. The number of aryl methyl sites for hydroxylation is 6. The molecule has 0 spiro atoms. The maximum absolute atomic E-state index is 6.25. The van der Waals surface area contributed by atoms with Gasteiger partial charge in [-0.2, -0.15) is 0 Å². The van der Waals surface area contributed by atoms with Crippen LogP contribution in [0.5, 0.6) is 23.0 Å². The van der Waals surface area contributed by atoms with Gasteiger partial charge in [-0.3, -0.25) is 0 Å². The van der Waals surface area contributed by atoms with E-state index >= 15 is 0 Å². The van der Waals surface area contributed by atoms with E-state index in [0.717, 1.165) is 41.2 Å². The first-order chi connectivity index (χ1) is 20.8. The van der Waals surface area contributed by atoms with Gasteiger partial charge in [-0.25, -0.2) is 0 Å². The monoisotopic (exact) mass is 664 g/mol. The number of hydrogen-bond donors (Lipinski definition) is 0. The molecule has 3 aromatic heterocycles. The average molecular weight is 665 g/mol. The summed E-state index contributed by atoms with van der Waals surface area (Å²) in [7, 11) is 0. The molecule has 43 heavy (non-hydrogen) atoms. The minimum Gasteiger partial charge on any atom is -0.485 e. The van der Waals surface area contributed by atoms with Gasteiger partial charge in [-0.05, 0) is 75.9 Å². The van der Waals surface area contributed by atoms with Crippen LogP contribution in [0.25, 0.3) is 19.5 Å². The Hall–Kier alpha value is -2.56. The molecule has 7 rings (SSSR count). The minimum atomic E-state index is 0.559. The predicted molar refractivity (Wildman–Crippen MR) is 182 cm³/mol. The van der Waals surface area contributed by atoms with Gasteiger partial charge in [-0.15, -0.1) is 34.0 Å². The van der Waals surface area contributed by atoms with E-state index < -0.39 is 0 Å². The van der Waals surface area contributed by atoms with Crippen molar-refractivity contribution in [2.24, 2.45) is 0 Å². The van der Waals surface area contributed by atoms with Gasteiger partial charge in [0.25, 0.3) is 0 Å². The lowest BCUT2D eigenvalue weighted by molar-refractivity contribution is 0.170. The van der Waals surface area contributed by atoms with Crippen LogP contribution in [0.1, 0.15) is 33.4 Å². The molecule has 0 saturated heterocycles. The summed E-state index contributed by atoms with van der Waals surface area (Å²) in [6, 6.07) is 13.4. The Morgan fingerprint density at radius 1 is 0.488 bits per heavy atom. The average Bonchev–Trinajstić information content (AvgIpc) is 3.68. The van der Waals surface area contributed by atoms with Gasteiger partial charge in [0.2, 0.25) is 0 Å². The van der Waals surface area contributed by atoms with Crippen molar-refractivity contribution in [2.45, 2.75) is 59.8 Å². The van der Waals surface area contributed by atoms with Gasteiger partial charge >= 0.3 is 0 Å². The summed E-state index contributed by atoms with van der Waals surface area (Å²) < 4.78 is 27.2. The Balaban J connectivity index is 1.25. The molecule has 2 aliphatic heterocycles. The molecule has 5 heterocycles. The van der Waals surface area contributed by atoms with E-state index in [1.54, 1.807) is 57.5 Å². The van der Waals surface area contributed by atoms with E-state index in [9.17, 15) is 0 Å². The zero-order valence-electron chi connectivity index (χ0n) is 25.0. The van der Waals surface area contributed by atoms with Gasteiger partial charge in [0, 0.05) is 19.5 Å². The van der Waals surface area contributed by atoms with Gasteiger partial charge in [-0.1, -0.05) is 58.9 Å². The van der Waals surface area contributed by atoms with Crippen LogP contribution >= 0.6 is 57.5 Å².